The Labute approximate surface area is 159 Å². The summed E-state index contributed by atoms with van der Waals surface area (Å²) >= 11 is 0. The lowest BCUT2D eigenvalue weighted by Crippen LogP contribution is -2.34. The lowest BCUT2D eigenvalue weighted by atomic mass is 9.91. The van der Waals surface area contributed by atoms with Crippen LogP contribution in [-0.2, 0) is 6.54 Å². The fourth-order valence-electron chi connectivity index (χ4n) is 3.64. The minimum atomic E-state index is 0.515. The average Bonchev–Trinajstić information content (AvgIpc) is 2.71. The quantitative estimate of drug-likeness (QED) is 0.748. The Kier molecular flexibility index (Phi) is 5.34. The highest BCUT2D eigenvalue weighted by Crippen LogP contribution is 2.29. The molecule has 0 bridgehead atoms. The highest BCUT2D eigenvalue weighted by Gasteiger charge is 2.22. The summed E-state index contributed by atoms with van der Waals surface area (Å²) in [5, 5.41) is 3.24. The molecule has 6 heteroatoms. The summed E-state index contributed by atoms with van der Waals surface area (Å²) in [5.41, 5.74) is 3.95. The molecule has 1 saturated heterocycles. The first-order valence-corrected chi connectivity index (χ1v) is 9.39. The number of aryl methyl sites for hydroxylation is 1. The first-order valence-electron chi connectivity index (χ1n) is 9.39. The van der Waals surface area contributed by atoms with Crippen LogP contribution in [0.25, 0.3) is 0 Å². The predicted molar refractivity (Wildman–Crippen MR) is 106 cm³/mol. The largest absolute Gasteiger partial charge is 0.324 e. The van der Waals surface area contributed by atoms with Crippen LogP contribution in [0.15, 0.2) is 55.4 Å². The summed E-state index contributed by atoms with van der Waals surface area (Å²) in [7, 11) is 0. The van der Waals surface area contributed by atoms with E-state index < -0.39 is 0 Å². The van der Waals surface area contributed by atoms with E-state index in [0.29, 0.717) is 11.7 Å². The predicted octanol–water partition coefficient (Wildman–Crippen LogP) is 3.70. The smallest absolute Gasteiger partial charge is 0.150 e. The number of hydrogen-bond acceptors (Lipinski definition) is 6. The standard InChI is InChI=1S/C21H24N6/c1-16-4-6-22-12-19(16)15-27-10-2-3-18(14-27)17-5-7-24-20(11-17)26-21-13-23-8-9-25-21/h4-9,11-13,18H,2-3,10,14-15H2,1H3,(H,24,25,26)/t18-/m0/s1. The van der Waals surface area contributed by atoms with Gasteiger partial charge in [0.1, 0.15) is 11.6 Å². The summed E-state index contributed by atoms with van der Waals surface area (Å²) in [4.78, 5) is 19.6. The second kappa shape index (κ2) is 8.22. The van der Waals surface area contributed by atoms with Crippen molar-refractivity contribution in [2.75, 3.05) is 18.4 Å². The maximum atomic E-state index is 4.43. The van der Waals surface area contributed by atoms with Gasteiger partial charge >= 0.3 is 0 Å². The Hall–Kier alpha value is -2.86. The first-order chi connectivity index (χ1) is 13.3. The normalized spacial score (nSPS) is 17.6. The molecule has 4 heterocycles. The van der Waals surface area contributed by atoms with E-state index in [9.17, 15) is 0 Å². The second-order valence-corrected chi connectivity index (χ2v) is 7.07. The maximum absolute atomic E-state index is 4.43. The molecule has 3 aromatic heterocycles. The van der Waals surface area contributed by atoms with Crippen molar-refractivity contribution in [3.8, 4) is 0 Å². The van der Waals surface area contributed by atoms with Crippen LogP contribution < -0.4 is 5.32 Å². The number of anilines is 2. The molecule has 1 aliphatic heterocycles. The fourth-order valence-corrected chi connectivity index (χ4v) is 3.64. The van der Waals surface area contributed by atoms with E-state index in [1.165, 1.54) is 29.5 Å². The van der Waals surface area contributed by atoms with Crippen molar-refractivity contribution in [1.82, 2.24) is 24.8 Å². The van der Waals surface area contributed by atoms with E-state index in [-0.39, 0.29) is 0 Å². The minimum absolute atomic E-state index is 0.515. The molecule has 6 nitrogen and oxygen atoms in total. The van der Waals surface area contributed by atoms with Gasteiger partial charge in [0.25, 0.3) is 0 Å². The zero-order chi connectivity index (χ0) is 18.5. The van der Waals surface area contributed by atoms with Crippen LogP contribution in [0.1, 0.15) is 35.4 Å². The van der Waals surface area contributed by atoms with Crippen LogP contribution in [0.2, 0.25) is 0 Å². The lowest BCUT2D eigenvalue weighted by Gasteiger charge is -2.33. The molecule has 1 aliphatic rings. The van der Waals surface area contributed by atoms with Crippen molar-refractivity contribution in [3.63, 3.8) is 0 Å². The van der Waals surface area contributed by atoms with Crippen LogP contribution in [-0.4, -0.2) is 37.9 Å². The van der Waals surface area contributed by atoms with Crippen LogP contribution in [0.3, 0.4) is 0 Å². The molecule has 27 heavy (non-hydrogen) atoms. The summed E-state index contributed by atoms with van der Waals surface area (Å²) in [6, 6.07) is 6.35. The van der Waals surface area contributed by atoms with Gasteiger partial charge in [0.15, 0.2) is 0 Å². The van der Waals surface area contributed by atoms with Gasteiger partial charge in [-0.15, -0.1) is 0 Å². The lowest BCUT2D eigenvalue weighted by molar-refractivity contribution is 0.199. The van der Waals surface area contributed by atoms with Crippen LogP contribution in [0, 0.1) is 6.92 Å². The Morgan fingerprint density at radius 3 is 2.78 bits per heavy atom. The third kappa shape index (κ3) is 4.46. The van der Waals surface area contributed by atoms with Crippen molar-refractivity contribution in [2.45, 2.75) is 32.2 Å². The van der Waals surface area contributed by atoms with Gasteiger partial charge in [0.2, 0.25) is 0 Å². The molecule has 1 N–H and O–H groups in total. The van der Waals surface area contributed by atoms with Crippen LogP contribution >= 0.6 is 0 Å². The molecule has 1 fully saturated rings. The SMILES string of the molecule is Cc1ccncc1CN1CCC[C@H](c2ccnc(Nc3cnccn3)c2)C1. The van der Waals surface area contributed by atoms with Gasteiger partial charge in [0, 0.05) is 44.1 Å². The van der Waals surface area contributed by atoms with Crippen LogP contribution in [0.4, 0.5) is 11.6 Å². The summed E-state index contributed by atoms with van der Waals surface area (Å²) in [6.45, 7) is 5.32. The van der Waals surface area contributed by atoms with Crippen molar-refractivity contribution in [1.29, 1.82) is 0 Å². The van der Waals surface area contributed by atoms with E-state index in [2.05, 4.69) is 55.3 Å². The third-order valence-corrected chi connectivity index (χ3v) is 5.12. The van der Waals surface area contributed by atoms with Gasteiger partial charge in [-0.2, -0.15) is 0 Å². The zero-order valence-electron chi connectivity index (χ0n) is 15.5. The Balaban J connectivity index is 1.45. The van der Waals surface area contributed by atoms with E-state index in [0.717, 1.165) is 25.5 Å². The number of hydrogen-bond donors (Lipinski definition) is 1. The number of aromatic nitrogens is 4. The topological polar surface area (TPSA) is 66.8 Å². The van der Waals surface area contributed by atoms with Gasteiger partial charge in [0.05, 0.1) is 6.20 Å². The monoisotopic (exact) mass is 360 g/mol. The summed E-state index contributed by atoms with van der Waals surface area (Å²) in [6.07, 6.45) is 13.2. The molecule has 0 radical (unpaired) electrons. The first kappa shape index (κ1) is 17.5. The Morgan fingerprint density at radius 2 is 1.93 bits per heavy atom. The molecule has 138 valence electrons. The number of nitrogens with zero attached hydrogens (tertiary/aromatic N) is 5. The number of rotatable bonds is 5. The average molecular weight is 360 g/mol. The maximum Gasteiger partial charge on any atom is 0.150 e. The molecule has 0 aromatic carbocycles. The number of pyridine rings is 2. The second-order valence-electron chi connectivity index (χ2n) is 7.07. The Morgan fingerprint density at radius 1 is 1.04 bits per heavy atom. The van der Waals surface area contributed by atoms with Gasteiger partial charge in [-0.3, -0.25) is 14.9 Å². The molecule has 0 saturated carbocycles. The van der Waals surface area contributed by atoms with Gasteiger partial charge in [-0.05, 0) is 67.1 Å². The summed E-state index contributed by atoms with van der Waals surface area (Å²) in [5.74, 6) is 2.04. The van der Waals surface area contributed by atoms with Gasteiger partial charge in [-0.1, -0.05) is 0 Å². The van der Waals surface area contributed by atoms with Crippen molar-refractivity contribution in [3.05, 3.63) is 72.1 Å². The number of piperidine rings is 1. The Bertz CT molecular complexity index is 883. The minimum Gasteiger partial charge on any atom is -0.324 e. The third-order valence-electron chi connectivity index (χ3n) is 5.12. The molecule has 3 aromatic rings. The van der Waals surface area contributed by atoms with E-state index in [4.69, 9.17) is 0 Å². The van der Waals surface area contributed by atoms with E-state index in [1.807, 2.05) is 18.6 Å². The van der Waals surface area contributed by atoms with Gasteiger partial charge < -0.3 is 5.32 Å². The molecule has 0 aliphatic carbocycles. The van der Waals surface area contributed by atoms with E-state index >= 15 is 0 Å². The molecule has 4 rings (SSSR count). The van der Waals surface area contributed by atoms with Crippen molar-refractivity contribution >= 4 is 11.6 Å². The van der Waals surface area contributed by atoms with Crippen molar-refractivity contribution < 1.29 is 0 Å². The van der Waals surface area contributed by atoms with E-state index in [1.54, 1.807) is 18.6 Å². The molecule has 0 spiro atoms. The van der Waals surface area contributed by atoms with Crippen LogP contribution in [0.5, 0.6) is 0 Å². The highest BCUT2D eigenvalue weighted by atomic mass is 15.1. The number of likely N-dealkylation sites (tertiary alicyclic amines) is 1. The van der Waals surface area contributed by atoms with Gasteiger partial charge in [-0.25, -0.2) is 9.97 Å². The fraction of sp³-hybridized carbons (Fsp3) is 0.333. The highest BCUT2D eigenvalue weighted by molar-refractivity contribution is 5.51. The molecular weight excluding hydrogens is 336 g/mol. The summed E-state index contributed by atoms with van der Waals surface area (Å²) < 4.78 is 0. The number of nitrogens with one attached hydrogen (secondary N) is 1. The molecule has 1 atom stereocenters. The molecular formula is C21H24N6. The molecule has 0 unspecified atom stereocenters. The molecule has 0 amide bonds. The van der Waals surface area contributed by atoms with Crippen molar-refractivity contribution in [2.24, 2.45) is 0 Å². The zero-order valence-corrected chi connectivity index (χ0v) is 15.5.